The number of rotatable bonds is 2. The third-order valence-corrected chi connectivity index (χ3v) is 3.65. The van der Waals surface area contributed by atoms with Crippen LogP contribution in [-0.4, -0.2) is 10.9 Å². The number of thiophene rings is 1. The SMILES string of the molecule is O=C(Nc1cccc(F)n1)c1csc2ccccc12. The molecule has 1 aromatic carbocycles. The smallest absolute Gasteiger partial charge is 0.258 e. The van der Waals surface area contributed by atoms with Crippen LogP contribution in [0.2, 0.25) is 0 Å². The van der Waals surface area contributed by atoms with Gasteiger partial charge in [-0.05, 0) is 18.2 Å². The standard InChI is InChI=1S/C14H9FN2OS/c15-12-6-3-7-13(16-12)17-14(18)10-8-19-11-5-2-1-4-9(10)11/h1-8H,(H,16,17,18). The molecule has 0 bridgehead atoms. The minimum absolute atomic E-state index is 0.209. The molecule has 0 unspecified atom stereocenters. The van der Waals surface area contributed by atoms with Crippen LogP contribution >= 0.6 is 11.3 Å². The fourth-order valence-electron chi connectivity index (χ4n) is 1.82. The van der Waals surface area contributed by atoms with Crippen molar-refractivity contribution in [3.8, 4) is 0 Å². The van der Waals surface area contributed by atoms with Crippen LogP contribution in [0.15, 0.2) is 47.8 Å². The van der Waals surface area contributed by atoms with E-state index in [1.165, 1.54) is 23.5 Å². The van der Waals surface area contributed by atoms with Crippen LogP contribution in [0.1, 0.15) is 10.4 Å². The Hall–Kier alpha value is -2.27. The van der Waals surface area contributed by atoms with Crippen molar-refractivity contribution >= 4 is 33.1 Å². The largest absolute Gasteiger partial charge is 0.306 e. The lowest BCUT2D eigenvalue weighted by molar-refractivity contribution is 0.102. The van der Waals surface area contributed by atoms with Gasteiger partial charge in [-0.25, -0.2) is 4.98 Å². The fraction of sp³-hybridized carbons (Fsp3) is 0. The molecule has 3 aromatic rings. The molecule has 0 aliphatic carbocycles. The summed E-state index contributed by atoms with van der Waals surface area (Å²) in [4.78, 5) is 15.7. The third-order valence-electron chi connectivity index (χ3n) is 2.68. The summed E-state index contributed by atoms with van der Waals surface area (Å²) in [5.41, 5.74) is 0.576. The van der Waals surface area contributed by atoms with E-state index < -0.39 is 5.95 Å². The summed E-state index contributed by atoms with van der Waals surface area (Å²) in [7, 11) is 0. The molecule has 0 aliphatic heterocycles. The Kier molecular flexibility index (Phi) is 2.97. The Labute approximate surface area is 112 Å². The third kappa shape index (κ3) is 2.32. The number of fused-ring (bicyclic) bond motifs is 1. The van der Waals surface area contributed by atoms with Gasteiger partial charge in [-0.15, -0.1) is 11.3 Å². The van der Waals surface area contributed by atoms with Gasteiger partial charge in [0.1, 0.15) is 5.82 Å². The average molecular weight is 272 g/mol. The van der Waals surface area contributed by atoms with Gasteiger partial charge in [0.15, 0.2) is 0 Å². The van der Waals surface area contributed by atoms with Crippen LogP contribution in [0.25, 0.3) is 10.1 Å². The fourth-order valence-corrected chi connectivity index (χ4v) is 2.76. The second-order valence-electron chi connectivity index (χ2n) is 3.95. The molecule has 5 heteroatoms. The summed E-state index contributed by atoms with van der Waals surface area (Å²) in [6, 6.07) is 11.9. The zero-order valence-electron chi connectivity index (χ0n) is 9.76. The predicted molar refractivity (Wildman–Crippen MR) is 74.0 cm³/mol. The molecule has 1 amide bonds. The number of nitrogens with zero attached hydrogens (tertiary/aromatic N) is 1. The van der Waals surface area contributed by atoms with Crippen LogP contribution in [0.5, 0.6) is 0 Å². The summed E-state index contributed by atoms with van der Waals surface area (Å²) in [5, 5.41) is 5.28. The van der Waals surface area contributed by atoms with Gasteiger partial charge >= 0.3 is 0 Å². The molecule has 0 saturated heterocycles. The number of hydrogen-bond acceptors (Lipinski definition) is 3. The van der Waals surface area contributed by atoms with Gasteiger partial charge in [-0.3, -0.25) is 4.79 Å². The molecular formula is C14H9FN2OS. The molecular weight excluding hydrogens is 263 g/mol. The Bertz CT molecular complexity index is 754. The molecule has 0 spiro atoms. The number of nitrogens with one attached hydrogen (secondary N) is 1. The predicted octanol–water partition coefficient (Wildman–Crippen LogP) is 3.69. The van der Waals surface area contributed by atoms with Gasteiger partial charge in [0, 0.05) is 15.5 Å². The van der Waals surface area contributed by atoms with Crippen LogP contribution < -0.4 is 5.32 Å². The number of carbonyl (C=O) groups excluding carboxylic acids is 1. The van der Waals surface area contributed by atoms with Crippen molar-refractivity contribution in [2.45, 2.75) is 0 Å². The normalized spacial score (nSPS) is 10.6. The number of hydrogen-bond donors (Lipinski definition) is 1. The number of benzene rings is 1. The minimum Gasteiger partial charge on any atom is -0.306 e. The van der Waals surface area contributed by atoms with Gasteiger partial charge in [-0.1, -0.05) is 24.3 Å². The number of aromatic nitrogens is 1. The number of anilines is 1. The molecule has 2 aromatic heterocycles. The maximum absolute atomic E-state index is 13.0. The Morgan fingerprint density at radius 2 is 2.00 bits per heavy atom. The summed E-state index contributed by atoms with van der Waals surface area (Å²) < 4.78 is 14.0. The molecule has 3 rings (SSSR count). The molecule has 0 fully saturated rings. The highest BCUT2D eigenvalue weighted by molar-refractivity contribution is 7.17. The molecule has 0 atom stereocenters. The number of carbonyl (C=O) groups is 1. The summed E-state index contributed by atoms with van der Waals surface area (Å²) in [6.45, 7) is 0. The lowest BCUT2D eigenvalue weighted by Crippen LogP contribution is -2.12. The van der Waals surface area contributed by atoms with Crippen molar-refractivity contribution in [1.29, 1.82) is 0 Å². The van der Waals surface area contributed by atoms with Crippen LogP contribution in [0, 0.1) is 5.95 Å². The first-order valence-corrected chi connectivity index (χ1v) is 6.52. The van der Waals surface area contributed by atoms with E-state index in [0.29, 0.717) is 5.56 Å². The minimum atomic E-state index is -0.618. The highest BCUT2D eigenvalue weighted by atomic mass is 32.1. The van der Waals surface area contributed by atoms with E-state index in [1.54, 1.807) is 11.4 Å². The van der Waals surface area contributed by atoms with E-state index in [4.69, 9.17) is 0 Å². The topological polar surface area (TPSA) is 42.0 Å². The van der Waals surface area contributed by atoms with Gasteiger partial charge < -0.3 is 5.32 Å². The summed E-state index contributed by atoms with van der Waals surface area (Å²) in [6.07, 6.45) is 0. The van der Waals surface area contributed by atoms with Crippen molar-refractivity contribution in [3.63, 3.8) is 0 Å². The lowest BCUT2D eigenvalue weighted by Gasteiger charge is -2.03. The van der Waals surface area contributed by atoms with Crippen LogP contribution in [0.3, 0.4) is 0 Å². The first-order valence-electron chi connectivity index (χ1n) is 5.64. The van der Waals surface area contributed by atoms with E-state index in [1.807, 2.05) is 24.3 Å². The highest BCUT2D eigenvalue weighted by Crippen LogP contribution is 2.26. The molecule has 0 saturated carbocycles. The monoisotopic (exact) mass is 272 g/mol. The maximum Gasteiger partial charge on any atom is 0.258 e. The number of halogens is 1. The van der Waals surface area contributed by atoms with Crippen molar-refractivity contribution in [2.75, 3.05) is 5.32 Å². The van der Waals surface area contributed by atoms with Crippen LogP contribution in [0.4, 0.5) is 10.2 Å². The lowest BCUT2D eigenvalue weighted by atomic mass is 10.1. The second-order valence-corrected chi connectivity index (χ2v) is 4.86. The molecule has 0 aliphatic rings. The Balaban J connectivity index is 1.92. The van der Waals surface area contributed by atoms with Gasteiger partial charge in [0.25, 0.3) is 5.91 Å². The zero-order valence-corrected chi connectivity index (χ0v) is 10.6. The van der Waals surface area contributed by atoms with E-state index in [2.05, 4.69) is 10.3 Å². The molecule has 3 nitrogen and oxygen atoms in total. The van der Waals surface area contributed by atoms with E-state index in [0.717, 1.165) is 10.1 Å². The maximum atomic E-state index is 13.0. The summed E-state index contributed by atoms with van der Waals surface area (Å²) in [5.74, 6) is -0.691. The van der Waals surface area contributed by atoms with Crippen molar-refractivity contribution in [3.05, 3.63) is 59.4 Å². The van der Waals surface area contributed by atoms with E-state index in [-0.39, 0.29) is 11.7 Å². The summed E-state index contributed by atoms with van der Waals surface area (Å²) >= 11 is 1.50. The molecule has 1 N–H and O–H groups in total. The van der Waals surface area contributed by atoms with E-state index in [9.17, 15) is 9.18 Å². The average Bonchev–Trinajstić information content (AvgIpc) is 2.82. The van der Waals surface area contributed by atoms with Gasteiger partial charge in [-0.2, -0.15) is 4.39 Å². The van der Waals surface area contributed by atoms with Crippen LogP contribution in [-0.2, 0) is 0 Å². The quantitative estimate of drug-likeness (QED) is 0.723. The van der Waals surface area contributed by atoms with Crippen molar-refractivity contribution < 1.29 is 9.18 Å². The van der Waals surface area contributed by atoms with Gasteiger partial charge in [0.2, 0.25) is 5.95 Å². The number of pyridine rings is 1. The molecule has 94 valence electrons. The number of amides is 1. The molecule has 0 radical (unpaired) electrons. The van der Waals surface area contributed by atoms with Gasteiger partial charge in [0.05, 0.1) is 5.56 Å². The van der Waals surface area contributed by atoms with E-state index >= 15 is 0 Å². The molecule has 19 heavy (non-hydrogen) atoms. The Morgan fingerprint density at radius 3 is 2.84 bits per heavy atom. The first-order chi connectivity index (χ1) is 9.24. The zero-order chi connectivity index (χ0) is 13.2. The second kappa shape index (κ2) is 4.78. The van der Waals surface area contributed by atoms with Crippen molar-refractivity contribution in [2.24, 2.45) is 0 Å². The van der Waals surface area contributed by atoms with Crippen molar-refractivity contribution in [1.82, 2.24) is 4.98 Å². The Morgan fingerprint density at radius 1 is 1.16 bits per heavy atom. The first kappa shape index (κ1) is 11.8. The molecule has 2 heterocycles. The highest BCUT2D eigenvalue weighted by Gasteiger charge is 2.12.